The fraction of sp³-hybridized carbons (Fsp3) is 0.400. The fourth-order valence-electron chi connectivity index (χ4n) is 2.89. The molecule has 0 radical (unpaired) electrons. The molecule has 2 aromatic carbocycles. The van der Waals surface area contributed by atoms with E-state index >= 15 is 0 Å². The summed E-state index contributed by atoms with van der Waals surface area (Å²) >= 11 is 1.54. The normalized spacial score (nSPS) is 26.5. The van der Waals surface area contributed by atoms with Crippen molar-refractivity contribution >= 4 is 11.8 Å². The zero-order valence-corrected chi connectivity index (χ0v) is 15.1. The van der Waals surface area contributed by atoms with Crippen LogP contribution in [0.25, 0.3) is 0 Å². The van der Waals surface area contributed by atoms with Crippen molar-refractivity contribution in [3.63, 3.8) is 0 Å². The van der Waals surface area contributed by atoms with Crippen LogP contribution in [0, 0.1) is 6.92 Å². The molecule has 3 nitrogen and oxygen atoms in total. The van der Waals surface area contributed by atoms with Crippen LogP contribution in [-0.2, 0) is 16.1 Å². The number of thioether (sulfide) groups is 1. The Kier molecular flexibility index (Phi) is 6.48. The molecule has 1 saturated heterocycles. The van der Waals surface area contributed by atoms with Crippen LogP contribution in [0.1, 0.15) is 17.5 Å². The number of hydrogen-bond donors (Lipinski definition) is 1. The SMILES string of the molecule is Cc1ccc(S[C@@H]2CC(F)[C@H](OCc3ccccc3)C(CN)O2)cc1. The molecule has 1 heterocycles. The van der Waals surface area contributed by atoms with Crippen LogP contribution in [0.2, 0.25) is 0 Å². The molecule has 2 aromatic rings. The molecule has 0 saturated carbocycles. The van der Waals surface area contributed by atoms with Crippen LogP contribution in [0.15, 0.2) is 59.5 Å². The van der Waals surface area contributed by atoms with E-state index in [2.05, 4.69) is 0 Å². The highest BCUT2D eigenvalue weighted by molar-refractivity contribution is 7.99. The van der Waals surface area contributed by atoms with Gasteiger partial charge in [-0.3, -0.25) is 0 Å². The Morgan fingerprint density at radius 1 is 1.16 bits per heavy atom. The van der Waals surface area contributed by atoms with Crippen molar-refractivity contribution in [1.82, 2.24) is 0 Å². The Morgan fingerprint density at radius 3 is 2.56 bits per heavy atom. The van der Waals surface area contributed by atoms with E-state index in [1.165, 1.54) is 17.3 Å². The third-order valence-electron chi connectivity index (χ3n) is 4.27. The van der Waals surface area contributed by atoms with Crippen molar-refractivity contribution < 1.29 is 13.9 Å². The summed E-state index contributed by atoms with van der Waals surface area (Å²) in [6, 6.07) is 17.9. The molecule has 0 amide bonds. The van der Waals surface area contributed by atoms with Gasteiger partial charge in [0, 0.05) is 17.9 Å². The maximum atomic E-state index is 14.7. The highest BCUT2D eigenvalue weighted by Crippen LogP contribution is 2.35. The average molecular weight is 361 g/mol. The Balaban J connectivity index is 1.59. The molecule has 1 fully saturated rings. The Morgan fingerprint density at radius 2 is 1.88 bits per heavy atom. The number of nitrogens with two attached hydrogens (primary N) is 1. The summed E-state index contributed by atoms with van der Waals surface area (Å²) in [6.45, 7) is 2.65. The van der Waals surface area contributed by atoms with Gasteiger partial charge in [0.2, 0.25) is 0 Å². The summed E-state index contributed by atoms with van der Waals surface area (Å²) in [5.74, 6) is 0. The van der Waals surface area contributed by atoms with Crippen molar-refractivity contribution in [2.75, 3.05) is 6.54 Å². The average Bonchev–Trinajstić information content (AvgIpc) is 2.63. The van der Waals surface area contributed by atoms with Gasteiger partial charge in [0.15, 0.2) is 0 Å². The number of aryl methyl sites for hydroxylation is 1. The van der Waals surface area contributed by atoms with E-state index < -0.39 is 18.4 Å². The summed E-state index contributed by atoms with van der Waals surface area (Å²) in [4.78, 5) is 1.07. The van der Waals surface area contributed by atoms with Gasteiger partial charge in [-0.2, -0.15) is 0 Å². The van der Waals surface area contributed by atoms with Gasteiger partial charge in [0.25, 0.3) is 0 Å². The summed E-state index contributed by atoms with van der Waals surface area (Å²) in [7, 11) is 0. The zero-order valence-electron chi connectivity index (χ0n) is 14.3. The monoisotopic (exact) mass is 361 g/mol. The molecule has 1 aliphatic rings. The van der Waals surface area contributed by atoms with Gasteiger partial charge in [-0.05, 0) is 24.6 Å². The first kappa shape index (κ1) is 18.4. The Bertz CT molecular complexity index is 653. The van der Waals surface area contributed by atoms with Gasteiger partial charge in [-0.25, -0.2) is 4.39 Å². The first-order chi connectivity index (χ1) is 12.2. The molecule has 0 aromatic heterocycles. The molecule has 4 atom stereocenters. The number of alkyl halides is 1. The van der Waals surface area contributed by atoms with E-state index in [0.29, 0.717) is 13.0 Å². The van der Waals surface area contributed by atoms with E-state index in [4.69, 9.17) is 15.2 Å². The van der Waals surface area contributed by atoms with Gasteiger partial charge in [-0.1, -0.05) is 59.8 Å². The standard InChI is InChI=1S/C20H24FNO2S/c1-14-7-9-16(10-8-14)25-19-11-17(21)20(18(12-22)24-19)23-13-15-5-3-2-4-6-15/h2-10,17-20H,11-13,22H2,1H3/t17?,18?,19-,20+/m1/s1. The highest BCUT2D eigenvalue weighted by atomic mass is 32.2. The van der Waals surface area contributed by atoms with Crippen LogP contribution in [-0.4, -0.2) is 30.4 Å². The predicted octanol–water partition coefficient (Wildman–Crippen LogP) is 4.08. The zero-order chi connectivity index (χ0) is 17.6. The van der Waals surface area contributed by atoms with Crippen LogP contribution in [0.5, 0.6) is 0 Å². The summed E-state index contributed by atoms with van der Waals surface area (Å²) < 4.78 is 26.6. The van der Waals surface area contributed by atoms with Crippen LogP contribution in [0.4, 0.5) is 4.39 Å². The van der Waals surface area contributed by atoms with Crippen molar-refractivity contribution in [3.05, 3.63) is 65.7 Å². The van der Waals surface area contributed by atoms with E-state index in [9.17, 15) is 4.39 Å². The minimum Gasteiger partial charge on any atom is -0.368 e. The lowest BCUT2D eigenvalue weighted by molar-refractivity contribution is -0.149. The number of halogens is 1. The second-order valence-electron chi connectivity index (χ2n) is 6.28. The van der Waals surface area contributed by atoms with E-state index in [0.717, 1.165) is 10.5 Å². The third-order valence-corrected chi connectivity index (χ3v) is 5.38. The molecule has 25 heavy (non-hydrogen) atoms. The molecule has 0 spiro atoms. The largest absolute Gasteiger partial charge is 0.368 e. The Labute approximate surface area is 152 Å². The number of rotatable bonds is 6. The van der Waals surface area contributed by atoms with Gasteiger partial charge in [0.1, 0.15) is 23.8 Å². The smallest absolute Gasteiger partial charge is 0.132 e. The Hall–Kier alpha value is -1.40. The molecular formula is C20H24FNO2S. The second kappa shape index (κ2) is 8.81. The fourth-order valence-corrected chi connectivity index (χ4v) is 3.97. The quantitative estimate of drug-likeness (QED) is 0.842. The van der Waals surface area contributed by atoms with Crippen molar-refractivity contribution in [2.45, 2.75) is 48.7 Å². The summed E-state index contributed by atoms with van der Waals surface area (Å²) in [6.07, 6.45) is -1.85. The maximum absolute atomic E-state index is 14.7. The lowest BCUT2D eigenvalue weighted by atomic mass is 10.0. The molecule has 2 N–H and O–H groups in total. The molecule has 134 valence electrons. The third kappa shape index (κ3) is 5.05. The van der Waals surface area contributed by atoms with Gasteiger partial charge >= 0.3 is 0 Å². The first-order valence-electron chi connectivity index (χ1n) is 8.54. The number of hydrogen-bond acceptors (Lipinski definition) is 4. The summed E-state index contributed by atoms with van der Waals surface area (Å²) in [5, 5.41) is 0. The summed E-state index contributed by atoms with van der Waals surface area (Å²) in [5.41, 5.74) is 7.79. The minimum absolute atomic E-state index is 0.241. The topological polar surface area (TPSA) is 44.5 Å². The van der Waals surface area contributed by atoms with Gasteiger partial charge in [0.05, 0.1) is 6.61 Å². The molecule has 1 aliphatic heterocycles. The van der Waals surface area contributed by atoms with Crippen molar-refractivity contribution in [2.24, 2.45) is 5.73 Å². The maximum Gasteiger partial charge on any atom is 0.132 e. The van der Waals surface area contributed by atoms with E-state index in [1.807, 2.05) is 61.5 Å². The van der Waals surface area contributed by atoms with E-state index in [-0.39, 0.29) is 12.0 Å². The first-order valence-corrected chi connectivity index (χ1v) is 9.42. The highest BCUT2D eigenvalue weighted by Gasteiger charge is 2.39. The molecule has 0 aliphatic carbocycles. The predicted molar refractivity (Wildman–Crippen MR) is 99.3 cm³/mol. The van der Waals surface area contributed by atoms with Crippen LogP contribution < -0.4 is 5.73 Å². The molecule has 0 bridgehead atoms. The van der Waals surface area contributed by atoms with Crippen LogP contribution >= 0.6 is 11.8 Å². The molecule has 2 unspecified atom stereocenters. The molecular weight excluding hydrogens is 337 g/mol. The molecule has 3 rings (SSSR count). The number of benzene rings is 2. The van der Waals surface area contributed by atoms with Crippen molar-refractivity contribution in [1.29, 1.82) is 0 Å². The lowest BCUT2D eigenvalue weighted by Crippen LogP contribution is -2.50. The lowest BCUT2D eigenvalue weighted by Gasteiger charge is -2.37. The van der Waals surface area contributed by atoms with Crippen molar-refractivity contribution in [3.8, 4) is 0 Å². The van der Waals surface area contributed by atoms with Gasteiger partial charge < -0.3 is 15.2 Å². The van der Waals surface area contributed by atoms with Crippen LogP contribution in [0.3, 0.4) is 0 Å². The second-order valence-corrected chi connectivity index (χ2v) is 7.52. The van der Waals surface area contributed by atoms with Gasteiger partial charge in [-0.15, -0.1) is 0 Å². The minimum atomic E-state index is -1.09. The number of ether oxygens (including phenoxy) is 2. The molecule has 5 heteroatoms. The van der Waals surface area contributed by atoms with E-state index in [1.54, 1.807) is 0 Å².